The summed E-state index contributed by atoms with van der Waals surface area (Å²) >= 11 is 0. The summed E-state index contributed by atoms with van der Waals surface area (Å²) in [6, 6.07) is 0.797. The Morgan fingerprint density at radius 3 is 2.89 bits per heavy atom. The SMILES string of the molecule is Cc1nccn1CCN(C)CCC1CCCCN1C. The van der Waals surface area contributed by atoms with Gasteiger partial charge in [-0.2, -0.15) is 0 Å². The lowest BCUT2D eigenvalue weighted by Gasteiger charge is -2.33. The molecule has 0 bridgehead atoms. The van der Waals surface area contributed by atoms with Gasteiger partial charge in [-0.15, -0.1) is 0 Å². The molecule has 4 heteroatoms. The summed E-state index contributed by atoms with van der Waals surface area (Å²) in [5.41, 5.74) is 0. The second-order valence-corrected chi connectivity index (χ2v) is 5.89. The molecule has 1 aromatic rings. The molecule has 0 amide bonds. The van der Waals surface area contributed by atoms with Gasteiger partial charge >= 0.3 is 0 Å². The molecule has 1 atom stereocenters. The molecule has 1 aliphatic rings. The number of hydrogen-bond donors (Lipinski definition) is 0. The molecule has 0 spiro atoms. The van der Waals surface area contributed by atoms with Crippen molar-refractivity contribution in [2.24, 2.45) is 0 Å². The predicted octanol–water partition coefficient (Wildman–Crippen LogP) is 2.00. The summed E-state index contributed by atoms with van der Waals surface area (Å²) in [4.78, 5) is 9.25. The zero-order valence-corrected chi connectivity index (χ0v) is 12.7. The van der Waals surface area contributed by atoms with E-state index in [-0.39, 0.29) is 0 Å². The number of piperidine rings is 1. The van der Waals surface area contributed by atoms with Crippen LogP contribution >= 0.6 is 0 Å². The first-order valence-corrected chi connectivity index (χ1v) is 7.53. The Morgan fingerprint density at radius 1 is 1.37 bits per heavy atom. The van der Waals surface area contributed by atoms with Crippen LogP contribution in [0.15, 0.2) is 12.4 Å². The molecule has 0 aromatic carbocycles. The summed E-state index contributed by atoms with van der Waals surface area (Å²) in [5.74, 6) is 1.11. The summed E-state index contributed by atoms with van der Waals surface area (Å²) in [5, 5.41) is 0. The van der Waals surface area contributed by atoms with Crippen LogP contribution in [0.4, 0.5) is 0 Å². The lowest BCUT2D eigenvalue weighted by atomic mass is 10.00. The highest BCUT2D eigenvalue weighted by molar-refractivity contribution is 4.88. The number of aromatic nitrogens is 2. The van der Waals surface area contributed by atoms with Crippen LogP contribution in [0.25, 0.3) is 0 Å². The minimum Gasteiger partial charge on any atom is -0.334 e. The van der Waals surface area contributed by atoms with Gasteiger partial charge in [-0.1, -0.05) is 6.42 Å². The standard InChI is InChI=1S/C15H28N4/c1-14-16-8-11-19(14)13-12-17(2)10-7-15-6-4-5-9-18(15)3/h8,11,15H,4-7,9-10,12-13H2,1-3H3. The van der Waals surface area contributed by atoms with Crippen molar-refractivity contribution in [3.8, 4) is 0 Å². The van der Waals surface area contributed by atoms with Crippen LogP contribution in [-0.2, 0) is 6.54 Å². The Morgan fingerprint density at radius 2 is 2.21 bits per heavy atom. The van der Waals surface area contributed by atoms with E-state index in [0.29, 0.717) is 0 Å². The first-order chi connectivity index (χ1) is 9.16. The van der Waals surface area contributed by atoms with Crippen LogP contribution in [0.2, 0.25) is 0 Å². The van der Waals surface area contributed by atoms with Gasteiger partial charge in [-0.05, 0) is 53.4 Å². The molecule has 0 saturated carbocycles. The van der Waals surface area contributed by atoms with Crippen molar-refractivity contribution in [1.29, 1.82) is 0 Å². The van der Waals surface area contributed by atoms with Gasteiger partial charge in [0.05, 0.1) is 0 Å². The van der Waals surface area contributed by atoms with Crippen molar-refractivity contribution in [3.63, 3.8) is 0 Å². The Bertz CT molecular complexity index is 374. The van der Waals surface area contributed by atoms with Crippen LogP contribution in [0.5, 0.6) is 0 Å². The van der Waals surface area contributed by atoms with E-state index in [4.69, 9.17) is 0 Å². The van der Waals surface area contributed by atoms with Crippen LogP contribution in [0.1, 0.15) is 31.5 Å². The predicted molar refractivity (Wildman–Crippen MR) is 79.3 cm³/mol. The Hall–Kier alpha value is -0.870. The fourth-order valence-corrected chi connectivity index (χ4v) is 2.91. The van der Waals surface area contributed by atoms with E-state index < -0.39 is 0 Å². The van der Waals surface area contributed by atoms with Crippen LogP contribution in [-0.4, -0.2) is 59.1 Å². The normalized spacial score (nSPS) is 21.2. The highest BCUT2D eigenvalue weighted by Crippen LogP contribution is 2.17. The van der Waals surface area contributed by atoms with E-state index in [2.05, 4.69) is 46.6 Å². The molecule has 2 heterocycles. The second kappa shape index (κ2) is 7.06. The number of likely N-dealkylation sites (tertiary alicyclic amines) is 1. The highest BCUT2D eigenvalue weighted by Gasteiger charge is 2.18. The quantitative estimate of drug-likeness (QED) is 0.785. The van der Waals surface area contributed by atoms with Gasteiger partial charge in [0.2, 0.25) is 0 Å². The Labute approximate surface area is 117 Å². The molecule has 1 saturated heterocycles. The molecule has 1 aliphatic heterocycles. The number of rotatable bonds is 6. The fraction of sp³-hybridized carbons (Fsp3) is 0.800. The molecule has 2 rings (SSSR count). The molecule has 19 heavy (non-hydrogen) atoms. The van der Waals surface area contributed by atoms with E-state index in [9.17, 15) is 0 Å². The average molecular weight is 264 g/mol. The Kier molecular flexibility index (Phi) is 5.40. The van der Waals surface area contributed by atoms with E-state index >= 15 is 0 Å². The first-order valence-electron chi connectivity index (χ1n) is 7.53. The van der Waals surface area contributed by atoms with Crippen molar-refractivity contribution < 1.29 is 0 Å². The number of likely N-dealkylation sites (N-methyl/N-ethyl adjacent to an activating group) is 1. The third kappa shape index (κ3) is 4.32. The van der Waals surface area contributed by atoms with Crippen molar-refractivity contribution in [2.45, 2.75) is 45.2 Å². The van der Waals surface area contributed by atoms with E-state index in [0.717, 1.165) is 25.0 Å². The second-order valence-electron chi connectivity index (χ2n) is 5.89. The first kappa shape index (κ1) is 14.5. The van der Waals surface area contributed by atoms with Crippen LogP contribution < -0.4 is 0 Å². The number of imidazole rings is 1. The molecule has 4 nitrogen and oxygen atoms in total. The topological polar surface area (TPSA) is 24.3 Å². The zero-order valence-electron chi connectivity index (χ0n) is 12.7. The van der Waals surface area contributed by atoms with E-state index in [1.165, 1.54) is 38.8 Å². The van der Waals surface area contributed by atoms with Crippen molar-refractivity contribution >= 4 is 0 Å². The van der Waals surface area contributed by atoms with Gasteiger partial charge in [0.1, 0.15) is 5.82 Å². The van der Waals surface area contributed by atoms with Crippen molar-refractivity contribution in [3.05, 3.63) is 18.2 Å². The largest absolute Gasteiger partial charge is 0.334 e. The van der Waals surface area contributed by atoms with Crippen molar-refractivity contribution in [1.82, 2.24) is 19.4 Å². The van der Waals surface area contributed by atoms with Gasteiger partial charge in [0.25, 0.3) is 0 Å². The lowest BCUT2D eigenvalue weighted by Crippen LogP contribution is -2.38. The maximum absolute atomic E-state index is 4.26. The van der Waals surface area contributed by atoms with E-state index in [1.807, 2.05) is 6.20 Å². The molecular formula is C15H28N4. The maximum atomic E-state index is 4.26. The van der Waals surface area contributed by atoms with Crippen LogP contribution in [0, 0.1) is 6.92 Å². The van der Waals surface area contributed by atoms with Gasteiger partial charge in [0, 0.05) is 31.5 Å². The minimum atomic E-state index is 0.797. The lowest BCUT2D eigenvalue weighted by molar-refractivity contribution is 0.159. The summed E-state index contributed by atoms with van der Waals surface area (Å²) in [6.07, 6.45) is 9.42. The summed E-state index contributed by atoms with van der Waals surface area (Å²) in [6.45, 7) is 6.69. The zero-order chi connectivity index (χ0) is 13.7. The molecule has 1 fully saturated rings. The molecule has 108 valence electrons. The molecule has 1 aromatic heterocycles. The van der Waals surface area contributed by atoms with Gasteiger partial charge in [0.15, 0.2) is 0 Å². The highest BCUT2D eigenvalue weighted by atomic mass is 15.2. The van der Waals surface area contributed by atoms with Crippen LogP contribution in [0.3, 0.4) is 0 Å². The minimum absolute atomic E-state index is 0.797. The monoisotopic (exact) mass is 264 g/mol. The summed E-state index contributed by atoms with van der Waals surface area (Å²) < 4.78 is 2.23. The fourth-order valence-electron chi connectivity index (χ4n) is 2.91. The van der Waals surface area contributed by atoms with E-state index in [1.54, 1.807) is 0 Å². The number of nitrogens with zero attached hydrogens (tertiary/aromatic N) is 4. The molecule has 0 aliphatic carbocycles. The third-order valence-corrected chi connectivity index (χ3v) is 4.41. The number of hydrogen-bond acceptors (Lipinski definition) is 3. The molecular weight excluding hydrogens is 236 g/mol. The third-order valence-electron chi connectivity index (χ3n) is 4.41. The van der Waals surface area contributed by atoms with Gasteiger partial charge in [-0.25, -0.2) is 4.98 Å². The number of aryl methyl sites for hydroxylation is 1. The molecule has 0 N–H and O–H groups in total. The Balaban J connectivity index is 1.67. The van der Waals surface area contributed by atoms with Gasteiger partial charge < -0.3 is 14.4 Å². The summed E-state index contributed by atoms with van der Waals surface area (Å²) in [7, 11) is 4.51. The van der Waals surface area contributed by atoms with Gasteiger partial charge in [-0.3, -0.25) is 0 Å². The maximum Gasteiger partial charge on any atom is 0.105 e. The smallest absolute Gasteiger partial charge is 0.105 e. The van der Waals surface area contributed by atoms with Crippen molar-refractivity contribution in [2.75, 3.05) is 33.7 Å². The molecule has 1 unspecified atom stereocenters. The molecule has 0 radical (unpaired) electrons. The average Bonchev–Trinajstić information content (AvgIpc) is 2.81.